The van der Waals surface area contributed by atoms with Crippen LogP contribution >= 0.6 is 0 Å². The topological polar surface area (TPSA) is 40.1 Å². The lowest BCUT2D eigenvalue weighted by Crippen LogP contribution is -2.39. The molecule has 0 saturated heterocycles. The molecule has 0 spiro atoms. The summed E-state index contributed by atoms with van der Waals surface area (Å²) in [5.74, 6) is -0.909. The highest BCUT2D eigenvalue weighted by atomic mass is 16.4. The molecule has 0 saturated carbocycles. The molecule has 0 aromatic rings. The van der Waals surface area contributed by atoms with Gasteiger partial charge in [-0.05, 0) is 12.8 Å². The third kappa shape index (κ3) is 2.91. The van der Waals surface area contributed by atoms with E-state index in [1.165, 1.54) is 0 Å². The first kappa shape index (κ1) is 10.5. The number of carbonyl (C=O) groups is 1. The van der Waals surface area contributed by atoms with E-state index in [4.69, 9.17) is 0 Å². The highest BCUT2D eigenvalue weighted by molar-refractivity contribution is 5.71. The second-order valence-electron chi connectivity index (χ2n) is 3.31. The smallest absolute Gasteiger partial charge is 0.0473 e. The van der Waals surface area contributed by atoms with Crippen molar-refractivity contribution in [2.75, 3.05) is 0 Å². The van der Waals surface area contributed by atoms with Gasteiger partial charge in [-0.1, -0.05) is 33.6 Å². The molecule has 0 rings (SSSR count). The number of unbranched alkanes of at least 4 members (excludes halogenated alkanes) is 1. The zero-order valence-corrected chi connectivity index (χ0v) is 7.64. The third-order valence-electron chi connectivity index (χ3n) is 2.36. The monoisotopic (exact) mass is 157 g/mol. The molecule has 11 heavy (non-hydrogen) atoms. The van der Waals surface area contributed by atoms with E-state index in [-0.39, 0.29) is 0 Å². The highest BCUT2D eigenvalue weighted by Crippen LogP contribution is 2.26. The largest absolute Gasteiger partial charge is 0.550 e. The number of aliphatic carboxylic acids is 1. The summed E-state index contributed by atoms with van der Waals surface area (Å²) in [4.78, 5) is 10.6. The maximum absolute atomic E-state index is 10.6. The van der Waals surface area contributed by atoms with Crippen LogP contribution < -0.4 is 5.11 Å². The summed E-state index contributed by atoms with van der Waals surface area (Å²) in [6.45, 7) is 5.72. The molecule has 0 aliphatic heterocycles. The van der Waals surface area contributed by atoms with Crippen LogP contribution in [0.15, 0.2) is 0 Å². The summed E-state index contributed by atoms with van der Waals surface area (Å²) in [7, 11) is 0. The van der Waals surface area contributed by atoms with Crippen LogP contribution in [0.2, 0.25) is 0 Å². The van der Waals surface area contributed by atoms with Crippen molar-refractivity contribution in [3.63, 3.8) is 0 Å². The van der Waals surface area contributed by atoms with Crippen LogP contribution in [0, 0.1) is 5.41 Å². The second kappa shape index (κ2) is 4.37. The first-order valence-corrected chi connectivity index (χ1v) is 4.28. The van der Waals surface area contributed by atoms with E-state index >= 15 is 0 Å². The predicted octanol–water partition coefficient (Wildman–Crippen LogP) is 1.34. The first-order valence-electron chi connectivity index (χ1n) is 4.28. The normalized spacial score (nSPS) is 15.9. The Morgan fingerprint density at radius 2 is 2.00 bits per heavy atom. The number of hydrogen-bond acceptors (Lipinski definition) is 2. The van der Waals surface area contributed by atoms with Crippen LogP contribution in [-0.4, -0.2) is 5.97 Å². The van der Waals surface area contributed by atoms with Gasteiger partial charge in [-0.3, -0.25) is 0 Å². The standard InChI is InChI=1S/C9H18O2/c1-4-6-7-9(3,5-2)8(10)11/h4-7H2,1-3H3,(H,10,11)/p-1/t9-/m1/s1. The van der Waals surface area contributed by atoms with Crippen LogP contribution in [0.5, 0.6) is 0 Å². The number of hydrogen-bond donors (Lipinski definition) is 0. The highest BCUT2D eigenvalue weighted by Gasteiger charge is 2.22. The van der Waals surface area contributed by atoms with Gasteiger partial charge in [0, 0.05) is 11.4 Å². The fraction of sp³-hybridized carbons (Fsp3) is 0.889. The molecule has 0 radical (unpaired) electrons. The average molecular weight is 157 g/mol. The number of rotatable bonds is 5. The summed E-state index contributed by atoms with van der Waals surface area (Å²) in [6.07, 6.45) is 3.42. The van der Waals surface area contributed by atoms with Gasteiger partial charge in [0.1, 0.15) is 0 Å². The Kier molecular flexibility index (Phi) is 4.16. The minimum absolute atomic E-state index is 0.601. The fourth-order valence-electron chi connectivity index (χ4n) is 0.990. The Labute approximate surface area is 68.6 Å². The van der Waals surface area contributed by atoms with Crippen molar-refractivity contribution in [2.45, 2.75) is 46.5 Å². The van der Waals surface area contributed by atoms with Gasteiger partial charge < -0.3 is 9.90 Å². The van der Waals surface area contributed by atoms with Crippen LogP contribution in [0.3, 0.4) is 0 Å². The Bertz CT molecular complexity index is 132. The lowest BCUT2D eigenvalue weighted by Gasteiger charge is -2.29. The number of carbonyl (C=O) groups excluding carboxylic acids is 1. The minimum Gasteiger partial charge on any atom is -0.550 e. The minimum atomic E-state index is -0.909. The summed E-state index contributed by atoms with van der Waals surface area (Å²) < 4.78 is 0. The van der Waals surface area contributed by atoms with E-state index in [0.717, 1.165) is 19.3 Å². The van der Waals surface area contributed by atoms with Crippen molar-refractivity contribution in [2.24, 2.45) is 5.41 Å². The van der Waals surface area contributed by atoms with E-state index in [2.05, 4.69) is 6.92 Å². The Morgan fingerprint density at radius 1 is 1.45 bits per heavy atom. The van der Waals surface area contributed by atoms with Gasteiger partial charge in [0.05, 0.1) is 0 Å². The maximum atomic E-state index is 10.6. The molecule has 0 N–H and O–H groups in total. The van der Waals surface area contributed by atoms with Gasteiger partial charge in [-0.15, -0.1) is 0 Å². The lowest BCUT2D eigenvalue weighted by molar-refractivity contribution is -0.319. The van der Waals surface area contributed by atoms with Crippen LogP contribution in [0.1, 0.15) is 46.5 Å². The Hall–Kier alpha value is -0.530. The summed E-state index contributed by atoms with van der Waals surface area (Å²) in [5, 5.41) is 10.6. The predicted molar refractivity (Wildman–Crippen MR) is 42.9 cm³/mol. The van der Waals surface area contributed by atoms with E-state index in [9.17, 15) is 9.90 Å². The SMILES string of the molecule is CCCC[C@@](C)(CC)C(=O)[O-]. The molecular formula is C9H17O2-. The molecule has 0 fully saturated rings. The van der Waals surface area contributed by atoms with Crippen molar-refractivity contribution in [3.05, 3.63) is 0 Å². The molecule has 0 unspecified atom stereocenters. The molecule has 2 nitrogen and oxygen atoms in total. The van der Waals surface area contributed by atoms with Crippen molar-refractivity contribution < 1.29 is 9.90 Å². The van der Waals surface area contributed by atoms with Gasteiger partial charge in [-0.2, -0.15) is 0 Å². The van der Waals surface area contributed by atoms with E-state index in [1.54, 1.807) is 6.92 Å². The van der Waals surface area contributed by atoms with Crippen LogP contribution in [-0.2, 0) is 4.79 Å². The summed E-state index contributed by atoms with van der Waals surface area (Å²) in [5.41, 5.74) is -0.601. The van der Waals surface area contributed by atoms with Crippen molar-refractivity contribution >= 4 is 5.97 Å². The zero-order valence-electron chi connectivity index (χ0n) is 7.64. The third-order valence-corrected chi connectivity index (χ3v) is 2.36. The second-order valence-corrected chi connectivity index (χ2v) is 3.31. The van der Waals surface area contributed by atoms with Gasteiger partial charge in [0.15, 0.2) is 0 Å². The lowest BCUT2D eigenvalue weighted by atomic mass is 9.82. The van der Waals surface area contributed by atoms with Crippen LogP contribution in [0.4, 0.5) is 0 Å². The molecule has 0 aromatic carbocycles. The molecular weight excluding hydrogens is 140 g/mol. The van der Waals surface area contributed by atoms with E-state index in [1.807, 2.05) is 6.92 Å². The van der Waals surface area contributed by atoms with Crippen LogP contribution in [0.25, 0.3) is 0 Å². The van der Waals surface area contributed by atoms with Gasteiger partial charge in [0.2, 0.25) is 0 Å². The molecule has 0 aliphatic carbocycles. The number of carboxylic acid groups (broad SMARTS) is 1. The van der Waals surface area contributed by atoms with Crippen molar-refractivity contribution in [1.29, 1.82) is 0 Å². The van der Waals surface area contributed by atoms with E-state index < -0.39 is 11.4 Å². The maximum Gasteiger partial charge on any atom is 0.0473 e. The number of carboxylic acids is 1. The summed E-state index contributed by atoms with van der Waals surface area (Å²) >= 11 is 0. The molecule has 0 aromatic heterocycles. The summed E-state index contributed by atoms with van der Waals surface area (Å²) in [6, 6.07) is 0. The molecule has 0 amide bonds. The van der Waals surface area contributed by atoms with Gasteiger partial charge in [0.25, 0.3) is 0 Å². The van der Waals surface area contributed by atoms with Crippen molar-refractivity contribution in [1.82, 2.24) is 0 Å². The Balaban J connectivity index is 3.99. The van der Waals surface area contributed by atoms with Gasteiger partial charge >= 0.3 is 0 Å². The molecule has 66 valence electrons. The molecule has 1 atom stereocenters. The Morgan fingerprint density at radius 3 is 2.27 bits per heavy atom. The quantitative estimate of drug-likeness (QED) is 0.604. The molecule has 2 heteroatoms. The zero-order chi connectivity index (χ0) is 8.91. The van der Waals surface area contributed by atoms with Gasteiger partial charge in [-0.25, -0.2) is 0 Å². The fourth-order valence-corrected chi connectivity index (χ4v) is 0.990. The van der Waals surface area contributed by atoms with Crippen molar-refractivity contribution in [3.8, 4) is 0 Å². The van der Waals surface area contributed by atoms with E-state index in [0.29, 0.717) is 6.42 Å². The molecule has 0 aliphatic rings. The first-order chi connectivity index (χ1) is 5.06. The molecule has 0 heterocycles. The average Bonchev–Trinajstić information content (AvgIpc) is 2.00. The molecule has 0 bridgehead atoms.